The Hall–Kier alpha value is -2.08. The molecule has 2 saturated heterocycles. The van der Waals surface area contributed by atoms with Crippen molar-refractivity contribution in [2.24, 2.45) is 5.92 Å². The molecular weight excluding hydrogens is 352 g/mol. The largest absolute Gasteiger partial charge is 0.423 e. The maximum atomic E-state index is 12.8. The number of piperidine rings is 2. The van der Waals surface area contributed by atoms with Crippen molar-refractivity contribution in [3.63, 3.8) is 0 Å². The Morgan fingerprint density at radius 3 is 2.64 bits per heavy atom. The van der Waals surface area contributed by atoms with Crippen LogP contribution in [-0.2, 0) is 4.79 Å². The van der Waals surface area contributed by atoms with Gasteiger partial charge in [0.05, 0.1) is 5.92 Å². The number of likely N-dealkylation sites (tertiary alicyclic amines) is 1. The molecular formula is C22H32N4O2. The number of rotatable bonds is 4. The maximum absolute atomic E-state index is 12.8. The van der Waals surface area contributed by atoms with Gasteiger partial charge < -0.3 is 14.2 Å². The fourth-order valence-electron chi connectivity index (χ4n) is 4.50. The number of oxazole rings is 1. The van der Waals surface area contributed by atoms with Crippen LogP contribution in [0.5, 0.6) is 0 Å². The van der Waals surface area contributed by atoms with E-state index in [-0.39, 0.29) is 12.0 Å². The Labute approximate surface area is 167 Å². The van der Waals surface area contributed by atoms with Crippen LogP contribution in [-0.4, -0.2) is 66.0 Å². The highest BCUT2D eigenvalue weighted by Gasteiger charge is 2.33. The summed E-state index contributed by atoms with van der Waals surface area (Å²) in [6.45, 7) is 8.10. The third-order valence-corrected chi connectivity index (χ3v) is 6.46. The molecule has 1 aromatic carbocycles. The number of amides is 1. The smallest absolute Gasteiger partial charge is 0.298 e. The van der Waals surface area contributed by atoms with E-state index >= 15 is 0 Å². The molecule has 152 valence electrons. The van der Waals surface area contributed by atoms with Crippen LogP contribution in [0.1, 0.15) is 39.5 Å². The van der Waals surface area contributed by atoms with Gasteiger partial charge in [0, 0.05) is 38.8 Å². The molecule has 6 nitrogen and oxygen atoms in total. The summed E-state index contributed by atoms with van der Waals surface area (Å²) >= 11 is 0. The summed E-state index contributed by atoms with van der Waals surface area (Å²) in [6.07, 6.45) is 4.33. The number of anilines is 1. The topological polar surface area (TPSA) is 52.8 Å². The van der Waals surface area contributed by atoms with Crippen molar-refractivity contribution >= 4 is 23.0 Å². The van der Waals surface area contributed by atoms with Gasteiger partial charge in [-0.1, -0.05) is 12.1 Å². The number of carbonyl (C=O) groups excluding carboxylic acids is 1. The molecule has 4 rings (SSSR count). The van der Waals surface area contributed by atoms with Gasteiger partial charge in [-0.15, -0.1) is 0 Å². The zero-order valence-electron chi connectivity index (χ0n) is 17.3. The van der Waals surface area contributed by atoms with E-state index in [2.05, 4.69) is 28.6 Å². The molecule has 1 atom stereocenters. The monoisotopic (exact) mass is 384 g/mol. The number of nitrogens with zero attached hydrogens (tertiary/aromatic N) is 4. The summed E-state index contributed by atoms with van der Waals surface area (Å²) in [5, 5.41) is 0. The van der Waals surface area contributed by atoms with Crippen molar-refractivity contribution in [1.82, 2.24) is 14.8 Å². The highest BCUT2D eigenvalue weighted by atomic mass is 16.4. The lowest BCUT2D eigenvalue weighted by molar-refractivity contribution is -0.137. The zero-order valence-corrected chi connectivity index (χ0v) is 17.3. The lowest BCUT2D eigenvalue weighted by Gasteiger charge is -2.42. The van der Waals surface area contributed by atoms with Crippen molar-refractivity contribution < 1.29 is 9.21 Å². The lowest BCUT2D eigenvalue weighted by atomic mass is 9.92. The van der Waals surface area contributed by atoms with Crippen LogP contribution >= 0.6 is 0 Å². The third kappa shape index (κ3) is 3.88. The fourth-order valence-corrected chi connectivity index (χ4v) is 4.50. The van der Waals surface area contributed by atoms with E-state index in [0.29, 0.717) is 11.9 Å². The molecule has 0 saturated carbocycles. The molecule has 28 heavy (non-hydrogen) atoms. The molecule has 2 aliphatic heterocycles. The quantitative estimate of drug-likeness (QED) is 0.809. The zero-order chi connectivity index (χ0) is 19.7. The van der Waals surface area contributed by atoms with E-state index in [1.165, 1.54) is 0 Å². The molecule has 0 radical (unpaired) electrons. The first-order valence-corrected chi connectivity index (χ1v) is 10.6. The first-order valence-electron chi connectivity index (χ1n) is 10.6. The Bertz CT molecular complexity index is 777. The van der Waals surface area contributed by atoms with E-state index in [0.717, 1.165) is 69.0 Å². The maximum Gasteiger partial charge on any atom is 0.298 e. The van der Waals surface area contributed by atoms with Crippen molar-refractivity contribution in [3.8, 4) is 0 Å². The van der Waals surface area contributed by atoms with Crippen LogP contribution in [0.2, 0.25) is 0 Å². The van der Waals surface area contributed by atoms with E-state index in [1.54, 1.807) is 0 Å². The molecule has 0 N–H and O–H groups in total. The van der Waals surface area contributed by atoms with E-state index < -0.39 is 0 Å². The summed E-state index contributed by atoms with van der Waals surface area (Å²) in [7, 11) is 1.94. The van der Waals surface area contributed by atoms with Crippen molar-refractivity contribution in [3.05, 3.63) is 24.3 Å². The van der Waals surface area contributed by atoms with Crippen LogP contribution in [0.3, 0.4) is 0 Å². The summed E-state index contributed by atoms with van der Waals surface area (Å²) in [4.78, 5) is 24.1. The van der Waals surface area contributed by atoms with Crippen molar-refractivity contribution in [2.45, 2.75) is 51.6 Å². The number of carbonyl (C=O) groups is 1. The second kappa shape index (κ2) is 8.11. The van der Waals surface area contributed by atoms with Crippen LogP contribution < -0.4 is 4.90 Å². The molecule has 3 heterocycles. The number of hydrogen-bond acceptors (Lipinski definition) is 5. The van der Waals surface area contributed by atoms with Gasteiger partial charge in [0.15, 0.2) is 5.58 Å². The Morgan fingerprint density at radius 2 is 1.93 bits per heavy atom. The lowest BCUT2D eigenvalue weighted by Crippen LogP contribution is -2.51. The van der Waals surface area contributed by atoms with E-state index in [4.69, 9.17) is 4.42 Å². The van der Waals surface area contributed by atoms with E-state index in [9.17, 15) is 4.79 Å². The standard InChI is InChI=1S/C22H32N4O2/c1-16(2)24(3)21(27)17-7-6-12-26(15-17)18-10-13-25(14-11-18)22-23-19-8-4-5-9-20(19)28-22/h4-5,8-9,16-18H,6-7,10-15H2,1-3H3/t17-/m0/s1. The molecule has 6 heteroatoms. The van der Waals surface area contributed by atoms with Gasteiger partial charge in [0.1, 0.15) is 5.52 Å². The fraction of sp³-hybridized carbons (Fsp3) is 0.636. The number of benzene rings is 1. The van der Waals surface area contributed by atoms with Gasteiger partial charge in [-0.25, -0.2) is 0 Å². The van der Waals surface area contributed by atoms with Crippen LogP contribution in [0.15, 0.2) is 28.7 Å². The van der Waals surface area contributed by atoms with Crippen molar-refractivity contribution in [2.75, 3.05) is 38.1 Å². The molecule has 2 aromatic rings. The molecule has 0 aliphatic carbocycles. The predicted molar refractivity (Wildman–Crippen MR) is 111 cm³/mol. The van der Waals surface area contributed by atoms with E-state index in [1.807, 2.05) is 36.2 Å². The van der Waals surface area contributed by atoms with Crippen LogP contribution in [0.4, 0.5) is 6.01 Å². The SMILES string of the molecule is CC(C)N(C)C(=O)[C@H]1CCCN(C2CCN(c3nc4ccccc4o3)CC2)C1. The average molecular weight is 385 g/mol. The van der Waals surface area contributed by atoms with Gasteiger partial charge >= 0.3 is 0 Å². The summed E-state index contributed by atoms with van der Waals surface area (Å²) in [6, 6.07) is 9.50. The molecule has 2 fully saturated rings. The summed E-state index contributed by atoms with van der Waals surface area (Å²) in [5.41, 5.74) is 1.78. The average Bonchev–Trinajstić information content (AvgIpc) is 3.17. The Kier molecular flexibility index (Phi) is 5.58. The highest BCUT2D eigenvalue weighted by molar-refractivity contribution is 5.79. The summed E-state index contributed by atoms with van der Waals surface area (Å²) in [5.74, 6) is 0.458. The predicted octanol–water partition coefficient (Wildman–Crippen LogP) is 3.38. The molecule has 2 aliphatic rings. The first-order chi connectivity index (χ1) is 13.5. The van der Waals surface area contributed by atoms with Gasteiger partial charge in [-0.05, 0) is 58.2 Å². The normalized spacial score (nSPS) is 22.1. The van der Waals surface area contributed by atoms with Crippen LogP contribution in [0.25, 0.3) is 11.1 Å². The number of aromatic nitrogens is 1. The number of fused-ring (bicyclic) bond motifs is 1. The van der Waals surface area contributed by atoms with Gasteiger partial charge in [0.25, 0.3) is 6.01 Å². The first kappa shape index (κ1) is 19.2. The minimum atomic E-state index is 0.149. The van der Waals surface area contributed by atoms with Gasteiger partial charge in [0.2, 0.25) is 5.91 Å². The van der Waals surface area contributed by atoms with Gasteiger partial charge in [-0.3, -0.25) is 9.69 Å². The molecule has 0 bridgehead atoms. The van der Waals surface area contributed by atoms with Crippen molar-refractivity contribution in [1.29, 1.82) is 0 Å². The minimum absolute atomic E-state index is 0.149. The minimum Gasteiger partial charge on any atom is -0.423 e. The highest BCUT2D eigenvalue weighted by Crippen LogP contribution is 2.28. The molecule has 1 amide bonds. The molecule has 0 spiro atoms. The second-order valence-electron chi connectivity index (χ2n) is 8.56. The number of para-hydroxylation sites is 2. The Morgan fingerprint density at radius 1 is 1.18 bits per heavy atom. The van der Waals surface area contributed by atoms with Gasteiger partial charge in [-0.2, -0.15) is 4.98 Å². The second-order valence-corrected chi connectivity index (χ2v) is 8.56. The Balaban J connectivity index is 1.35. The van der Waals surface area contributed by atoms with Crippen LogP contribution in [0, 0.1) is 5.92 Å². The third-order valence-electron chi connectivity index (χ3n) is 6.46. The number of hydrogen-bond donors (Lipinski definition) is 0. The summed E-state index contributed by atoms with van der Waals surface area (Å²) < 4.78 is 5.94. The molecule has 1 aromatic heterocycles. The molecule has 0 unspecified atom stereocenters.